The zero-order valence-electron chi connectivity index (χ0n) is 18.6. The van der Waals surface area contributed by atoms with Crippen LogP contribution in [0.4, 0.5) is 5.69 Å². The summed E-state index contributed by atoms with van der Waals surface area (Å²) in [5, 5.41) is 9.77. The quantitative estimate of drug-likeness (QED) is 0.501. The van der Waals surface area contributed by atoms with Gasteiger partial charge in [0.2, 0.25) is 0 Å². The summed E-state index contributed by atoms with van der Waals surface area (Å²) in [7, 11) is 0. The molecule has 1 atom stereocenters. The van der Waals surface area contributed by atoms with Crippen LogP contribution in [0.1, 0.15) is 39.7 Å². The van der Waals surface area contributed by atoms with Gasteiger partial charge in [-0.3, -0.25) is 14.6 Å². The molecule has 2 aliphatic rings. The van der Waals surface area contributed by atoms with Crippen molar-refractivity contribution in [1.29, 1.82) is 0 Å². The SMILES string of the molecule is Cc1cc2c3c(c1)C(c1ccccc1)=NC(c1cccc4nc(CO)[nH]c(=O)c14)C(=O)N3CC2. The first kappa shape index (κ1) is 20.5. The number of H-pyrrole nitrogens is 1. The summed E-state index contributed by atoms with van der Waals surface area (Å²) in [6.45, 7) is 2.26. The van der Waals surface area contributed by atoms with Gasteiger partial charge in [0.25, 0.3) is 11.5 Å². The van der Waals surface area contributed by atoms with E-state index in [1.807, 2.05) is 35.2 Å². The van der Waals surface area contributed by atoms with Crippen molar-refractivity contribution in [1.82, 2.24) is 9.97 Å². The summed E-state index contributed by atoms with van der Waals surface area (Å²) in [5.74, 6) is 0.0234. The van der Waals surface area contributed by atoms with Gasteiger partial charge in [-0.25, -0.2) is 4.98 Å². The number of aliphatic imine (C=N–C) groups is 1. The Labute approximate surface area is 195 Å². The van der Waals surface area contributed by atoms with Gasteiger partial charge in [0.05, 0.1) is 22.3 Å². The van der Waals surface area contributed by atoms with Crippen molar-refractivity contribution in [3.63, 3.8) is 0 Å². The molecule has 34 heavy (non-hydrogen) atoms. The summed E-state index contributed by atoms with van der Waals surface area (Å²) in [5.41, 5.74) is 6.29. The van der Waals surface area contributed by atoms with Crippen molar-refractivity contribution in [3.8, 4) is 0 Å². The van der Waals surface area contributed by atoms with Crippen LogP contribution < -0.4 is 10.5 Å². The number of benzene rings is 3. The molecule has 1 unspecified atom stereocenters. The van der Waals surface area contributed by atoms with Gasteiger partial charge in [-0.05, 0) is 31.0 Å². The number of hydrogen-bond donors (Lipinski definition) is 2. The van der Waals surface area contributed by atoms with Crippen molar-refractivity contribution in [3.05, 3.63) is 105 Å². The number of hydrogen-bond acceptors (Lipinski definition) is 5. The van der Waals surface area contributed by atoms with Crippen LogP contribution in [0.5, 0.6) is 0 Å². The smallest absolute Gasteiger partial charge is 0.259 e. The van der Waals surface area contributed by atoms with Crippen LogP contribution in [0.2, 0.25) is 0 Å². The molecule has 0 fully saturated rings. The molecule has 7 nitrogen and oxygen atoms in total. The van der Waals surface area contributed by atoms with E-state index in [0.29, 0.717) is 23.0 Å². The normalized spacial score (nSPS) is 17.0. The van der Waals surface area contributed by atoms with E-state index in [9.17, 15) is 14.7 Å². The number of nitrogens with zero attached hydrogens (tertiary/aromatic N) is 3. The van der Waals surface area contributed by atoms with Gasteiger partial charge in [-0.15, -0.1) is 0 Å². The van der Waals surface area contributed by atoms with Crippen molar-refractivity contribution >= 4 is 28.2 Å². The number of aromatic amines is 1. The van der Waals surface area contributed by atoms with E-state index in [4.69, 9.17) is 4.99 Å². The molecular weight excluding hydrogens is 428 g/mol. The highest BCUT2D eigenvalue weighted by Gasteiger charge is 2.38. The molecule has 0 spiro atoms. The Morgan fingerprint density at radius 1 is 1.09 bits per heavy atom. The predicted molar refractivity (Wildman–Crippen MR) is 130 cm³/mol. The van der Waals surface area contributed by atoms with Gasteiger partial charge in [-0.2, -0.15) is 0 Å². The Kier molecular flexibility index (Phi) is 4.67. The van der Waals surface area contributed by atoms with Crippen molar-refractivity contribution in [2.24, 2.45) is 4.99 Å². The third kappa shape index (κ3) is 3.08. The molecule has 0 saturated heterocycles. The Bertz CT molecular complexity index is 1560. The lowest BCUT2D eigenvalue weighted by molar-refractivity contribution is -0.119. The third-order valence-corrected chi connectivity index (χ3v) is 6.53. The first-order valence-electron chi connectivity index (χ1n) is 11.3. The zero-order valence-corrected chi connectivity index (χ0v) is 18.6. The molecule has 7 heteroatoms. The Hall–Kier alpha value is -4.10. The van der Waals surface area contributed by atoms with Gasteiger partial charge in [-0.1, -0.05) is 54.1 Å². The van der Waals surface area contributed by atoms with E-state index in [0.717, 1.165) is 40.1 Å². The van der Waals surface area contributed by atoms with Crippen LogP contribution in [0.3, 0.4) is 0 Å². The predicted octanol–water partition coefficient (Wildman–Crippen LogP) is 3.21. The van der Waals surface area contributed by atoms with E-state index in [2.05, 4.69) is 29.0 Å². The third-order valence-electron chi connectivity index (χ3n) is 6.53. The molecular formula is C27H22N4O3. The molecule has 6 rings (SSSR count). The molecule has 1 amide bonds. The van der Waals surface area contributed by atoms with Crippen molar-refractivity contribution < 1.29 is 9.90 Å². The highest BCUT2D eigenvalue weighted by atomic mass is 16.3. The number of aryl methyl sites for hydroxylation is 1. The maximum absolute atomic E-state index is 14.0. The average Bonchev–Trinajstić information content (AvgIpc) is 3.23. The lowest BCUT2D eigenvalue weighted by Gasteiger charge is -2.21. The number of carbonyl (C=O) groups is 1. The number of amides is 1. The van der Waals surface area contributed by atoms with Crippen LogP contribution in [0.25, 0.3) is 10.9 Å². The fraction of sp³-hybridized carbons (Fsp3) is 0.185. The average molecular weight is 450 g/mol. The van der Waals surface area contributed by atoms with E-state index >= 15 is 0 Å². The molecule has 0 aliphatic carbocycles. The topological polar surface area (TPSA) is 98.6 Å². The number of rotatable bonds is 3. The molecule has 3 heterocycles. The first-order chi connectivity index (χ1) is 16.5. The lowest BCUT2D eigenvalue weighted by atomic mass is 9.96. The summed E-state index contributed by atoms with van der Waals surface area (Å²) in [4.78, 5) is 40.8. The summed E-state index contributed by atoms with van der Waals surface area (Å²) < 4.78 is 0. The van der Waals surface area contributed by atoms with Gasteiger partial charge < -0.3 is 15.0 Å². The Morgan fingerprint density at radius 2 is 1.91 bits per heavy atom. The van der Waals surface area contributed by atoms with Crippen molar-refractivity contribution in [2.45, 2.75) is 26.0 Å². The summed E-state index contributed by atoms with van der Waals surface area (Å²) in [6, 6.07) is 18.4. The van der Waals surface area contributed by atoms with E-state index in [-0.39, 0.29) is 18.3 Å². The molecule has 3 aromatic carbocycles. The van der Waals surface area contributed by atoms with Crippen LogP contribution in [-0.2, 0) is 17.8 Å². The number of aliphatic hydroxyl groups excluding tert-OH is 1. The minimum atomic E-state index is -0.902. The standard InChI is InChI=1S/C27H22N4O3/c1-15-12-17-10-11-31-25(17)19(13-15)23(16-6-3-2-4-7-16)30-24(27(31)34)18-8-5-9-20-22(18)26(33)29-21(14-32)28-20/h2-9,12-13,24,32H,10-11,14H2,1H3,(H,28,29,33). The number of nitrogens with one attached hydrogen (secondary N) is 1. The molecule has 2 aliphatic heterocycles. The fourth-order valence-electron chi connectivity index (χ4n) is 5.11. The number of fused-ring (bicyclic) bond motifs is 1. The Balaban J connectivity index is 1.66. The van der Waals surface area contributed by atoms with Crippen LogP contribution in [0, 0.1) is 6.92 Å². The van der Waals surface area contributed by atoms with E-state index < -0.39 is 11.6 Å². The molecule has 0 radical (unpaired) electrons. The monoisotopic (exact) mass is 450 g/mol. The largest absolute Gasteiger partial charge is 0.388 e. The van der Waals surface area contributed by atoms with Crippen LogP contribution in [-0.4, -0.2) is 33.2 Å². The second-order valence-corrected chi connectivity index (χ2v) is 8.72. The molecule has 2 N–H and O–H groups in total. The minimum absolute atomic E-state index is 0.159. The first-order valence-corrected chi connectivity index (χ1v) is 11.3. The molecule has 1 aromatic heterocycles. The number of aromatic nitrogens is 2. The summed E-state index contributed by atoms with van der Waals surface area (Å²) >= 11 is 0. The highest BCUT2D eigenvalue weighted by Crippen LogP contribution is 2.40. The number of carbonyl (C=O) groups excluding carboxylic acids is 1. The Morgan fingerprint density at radius 3 is 2.71 bits per heavy atom. The zero-order chi connectivity index (χ0) is 23.4. The molecule has 0 saturated carbocycles. The van der Waals surface area contributed by atoms with E-state index in [1.54, 1.807) is 18.2 Å². The van der Waals surface area contributed by atoms with Crippen LogP contribution >= 0.6 is 0 Å². The number of aliphatic hydroxyl groups is 1. The highest BCUT2D eigenvalue weighted by molar-refractivity contribution is 6.21. The maximum atomic E-state index is 14.0. The second-order valence-electron chi connectivity index (χ2n) is 8.72. The van der Waals surface area contributed by atoms with Gasteiger partial charge in [0.1, 0.15) is 12.4 Å². The minimum Gasteiger partial charge on any atom is -0.388 e. The van der Waals surface area contributed by atoms with Crippen LogP contribution in [0.15, 0.2) is 70.5 Å². The molecule has 168 valence electrons. The fourth-order valence-corrected chi connectivity index (χ4v) is 5.11. The van der Waals surface area contributed by atoms with E-state index in [1.165, 1.54) is 0 Å². The lowest BCUT2D eigenvalue weighted by Crippen LogP contribution is -2.33. The maximum Gasteiger partial charge on any atom is 0.259 e. The van der Waals surface area contributed by atoms with Gasteiger partial charge in [0.15, 0.2) is 6.04 Å². The van der Waals surface area contributed by atoms with Gasteiger partial charge in [0, 0.05) is 23.2 Å². The second kappa shape index (κ2) is 7.74. The molecule has 0 bridgehead atoms. The van der Waals surface area contributed by atoms with Crippen molar-refractivity contribution in [2.75, 3.05) is 11.4 Å². The number of anilines is 1. The molecule has 4 aromatic rings. The van der Waals surface area contributed by atoms with Gasteiger partial charge >= 0.3 is 0 Å². The summed E-state index contributed by atoms with van der Waals surface area (Å²) in [6.07, 6.45) is 0.780.